The fourth-order valence-electron chi connectivity index (χ4n) is 1.15. The van der Waals surface area contributed by atoms with Gasteiger partial charge in [-0.3, -0.25) is 10.1 Å². The highest BCUT2D eigenvalue weighted by Crippen LogP contribution is 2.14. The summed E-state index contributed by atoms with van der Waals surface area (Å²) < 4.78 is 0. The molecule has 2 N–H and O–H groups in total. The van der Waals surface area contributed by atoms with Gasteiger partial charge in [0.05, 0.1) is 0 Å². The van der Waals surface area contributed by atoms with Crippen molar-refractivity contribution in [1.82, 2.24) is 20.2 Å². The molecule has 76 valence electrons. The van der Waals surface area contributed by atoms with Gasteiger partial charge in [-0.2, -0.15) is 5.10 Å². The molecular formula is C10H10N4O. The van der Waals surface area contributed by atoms with Gasteiger partial charge in [-0.15, -0.1) is 0 Å². The predicted molar refractivity (Wildman–Crippen MR) is 56.0 cm³/mol. The van der Waals surface area contributed by atoms with E-state index in [0.717, 1.165) is 5.82 Å². The van der Waals surface area contributed by atoms with Crippen LogP contribution in [0, 0.1) is 6.92 Å². The Labute approximate surface area is 86.5 Å². The van der Waals surface area contributed by atoms with Crippen molar-refractivity contribution < 1.29 is 5.11 Å². The van der Waals surface area contributed by atoms with E-state index in [1.54, 1.807) is 12.1 Å². The zero-order valence-corrected chi connectivity index (χ0v) is 8.23. The summed E-state index contributed by atoms with van der Waals surface area (Å²) in [4.78, 5) is 8.26. The number of rotatable bonds is 2. The summed E-state index contributed by atoms with van der Waals surface area (Å²) >= 11 is 0. The van der Waals surface area contributed by atoms with Gasteiger partial charge in [0.25, 0.3) is 0 Å². The number of aliphatic hydroxyl groups is 1. The van der Waals surface area contributed by atoms with E-state index in [-0.39, 0.29) is 5.76 Å². The molecule has 5 nitrogen and oxygen atoms in total. The molecule has 0 aliphatic carbocycles. The number of aromatic amines is 1. The minimum atomic E-state index is 0.000201. The minimum absolute atomic E-state index is 0.000201. The van der Waals surface area contributed by atoms with Crippen LogP contribution in [0.5, 0.6) is 0 Å². The maximum Gasteiger partial charge on any atom is 0.199 e. The van der Waals surface area contributed by atoms with Crippen LogP contribution in [0.4, 0.5) is 0 Å². The molecule has 0 atom stereocenters. The van der Waals surface area contributed by atoms with Crippen molar-refractivity contribution in [2.45, 2.75) is 6.92 Å². The van der Waals surface area contributed by atoms with Crippen molar-refractivity contribution in [3.05, 3.63) is 36.3 Å². The molecule has 0 bridgehead atoms. The standard InChI is InChI=1S/C10H10N4O/c1-6(15)8-3-4-9(11-5-8)10-12-7(2)13-14-10/h3-5,15H,1H2,2H3,(H,12,13,14). The monoisotopic (exact) mass is 202 g/mol. The number of H-pyrrole nitrogens is 1. The van der Waals surface area contributed by atoms with Crippen LogP contribution in [0.2, 0.25) is 0 Å². The van der Waals surface area contributed by atoms with Gasteiger partial charge in [-0.05, 0) is 19.1 Å². The molecule has 0 fully saturated rings. The first-order valence-corrected chi connectivity index (χ1v) is 4.40. The van der Waals surface area contributed by atoms with Gasteiger partial charge in [0, 0.05) is 11.8 Å². The number of nitrogens with one attached hydrogen (secondary N) is 1. The molecule has 0 saturated carbocycles. The van der Waals surface area contributed by atoms with E-state index in [1.807, 2.05) is 6.92 Å². The molecule has 0 saturated heterocycles. The van der Waals surface area contributed by atoms with Crippen LogP contribution in [0.15, 0.2) is 24.9 Å². The van der Waals surface area contributed by atoms with E-state index >= 15 is 0 Å². The van der Waals surface area contributed by atoms with Crippen molar-refractivity contribution in [3.8, 4) is 11.5 Å². The van der Waals surface area contributed by atoms with Crippen LogP contribution in [0.25, 0.3) is 17.3 Å². The largest absolute Gasteiger partial charge is 0.508 e. The van der Waals surface area contributed by atoms with E-state index in [0.29, 0.717) is 17.1 Å². The number of aromatic nitrogens is 4. The molecule has 0 unspecified atom stereocenters. The van der Waals surface area contributed by atoms with E-state index in [1.165, 1.54) is 6.20 Å². The van der Waals surface area contributed by atoms with Crippen LogP contribution < -0.4 is 0 Å². The molecule has 2 aromatic rings. The summed E-state index contributed by atoms with van der Waals surface area (Å²) in [7, 11) is 0. The first-order chi connectivity index (χ1) is 7.16. The smallest absolute Gasteiger partial charge is 0.199 e. The predicted octanol–water partition coefficient (Wildman–Crippen LogP) is 1.70. The number of hydrogen-bond acceptors (Lipinski definition) is 4. The van der Waals surface area contributed by atoms with Crippen LogP contribution in [0.1, 0.15) is 11.4 Å². The lowest BCUT2D eigenvalue weighted by atomic mass is 10.2. The Morgan fingerprint density at radius 3 is 2.73 bits per heavy atom. The lowest BCUT2D eigenvalue weighted by molar-refractivity contribution is 0.513. The topological polar surface area (TPSA) is 74.7 Å². The number of hydrogen-bond donors (Lipinski definition) is 2. The number of aryl methyl sites for hydroxylation is 1. The van der Waals surface area contributed by atoms with Gasteiger partial charge in [0.15, 0.2) is 5.82 Å². The Hall–Kier alpha value is -2.17. The Kier molecular flexibility index (Phi) is 2.21. The fraction of sp³-hybridized carbons (Fsp3) is 0.100. The van der Waals surface area contributed by atoms with E-state index in [2.05, 4.69) is 26.7 Å². The third-order valence-electron chi connectivity index (χ3n) is 1.92. The van der Waals surface area contributed by atoms with Gasteiger partial charge < -0.3 is 5.11 Å². The second-order valence-electron chi connectivity index (χ2n) is 3.12. The molecule has 0 radical (unpaired) electrons. The van der Waals surface area contributed by atoms with Crippen LogP contribution in [-0.2, 0) is 0 Å². The summed E-state index contributed by atoms with van der Waals surface area (Å²) in [6, 6.07) is 3.45. The molecule has 2 aromatic heterocycles. The average molecular weight is 202 g/mol. The maximum atomic E-state index is 9.12. The van der Waals surface area contributed by atoms with Gasteiger partial charge >= 0.3 is 0 Å². The number of pyridine rings is 1. The number of nitrogens with zero attached hydrogens (tertiary/aromatic N) is 3. The molecule has 15 heavy (non-hydrogen) atoms. The van der Waals surface area contributed by atoms with Crippen molar-refractivity contribution >= 4 is 5.76 Å². The summed E-state index contributed by atoms with van der Waals surface area (Å²) in [5.41, 5.74) is 1.25. The zero-order valence-electron chi connectivity index (χ0n) is 8.23. The summed E-state index contributed by atoms with van der Waals surface area (Å²) in [5.74, 6) is 1.28. The molecule has 0 spiro atoms. The highest BCUT2D eigenvalue weighted by molar-refractivity contribution is 5.58. The normalized spacial score (nSPS) is 10.2. The summed E-state index contributed by atoms with van der Waals surface area (Å²) in [6.07, 6.45) is 1.53. The van der Waals surface area contributed by atoms with Crippen LogP contribution in [0.3, 0.4) is 0 Å². The zero-order chi connectivity index (χ0) is 10.8. The first kappa shape index (κ1) is 9.39. The van der Waals surface area contributed by atoms with Crippen molar-refractivity contribution in [2.75, 3.05) is 0 Å². The van der Waals surface area contributed by atoms with Gasteiger partial charge in [0.2, 0.25) is 0 Å². The third-order valence-corrected chi connectivity index (χ3v) is 1.92. The second kappa shape index (κ2) is 3.53. The molecule has 0 amide bonds. The lowest BCUT2D eigenvalue weighted by Crippen LogP contribution is -1.88. The Bertz CT molecular complexity index is 486. The lowest BCUT2D eigenvalue weighted by Gasteiger charge is -1.98. The quantitative estimate of drug-likeness (QED) is 0.727. The summed E-state index contributed by atoms with van der Waals surface area (Å²) in [5, 5.41) is 15.8. The highest BCUT2D eigenvalue weighted by Gasteiger charge is 2.05. The molecule has 2 rings (SSSR count). The van der Waals surface area contributed by atoms with Gasteiger partial charge in [0.1, 0.15) is 17.3 Å². The van der Waals surface area contributed by atoms with Gasteiger partial charge in [-0.1, -0.05) is 6.58 Å². The average Bonchev–Trinajstić information content (AvgIpc) is 2.65. The Morgan fingerprint density at radius 1 is 1.47 bits per heavy atom. The second-order valence-corrected chi connectivity index (χ2v) is 3.12. The van der Waals surface area contributed by atoms with E-state index in [9.17, 15) is 0 Å². The molecule has 0 aromatic carbocycles. The molecule has 5 heteroatoms. The molecule has 2 heterocycles. The SMILES string of the molecule is C=C(O)c1ccc(-c2n[nH]c(C)n2)nc1. The first-order valence-electron chi connectivity index (χ1n) is 4.40. The van der Waals surface area contributed by atoms with E-state index in [4.69, 9.17) is 5.11 Å². The van der Waals surface area contributed by atoms with Crippen molar-refractivity contribution in [2.24, 2.45) is 0 Å². The fourth-order valence-corrected chi connectivity index (χ4v) is 1.15. The number of aliphatic hydroxyl groups excluding tert-OH is 1. The summed E-state index contributed by atoms with van der Waals surface area (Å²) in [6.45, 7) is 5.23. The molecular weight excluding hydrogens is 192 g/mol. The van der Waals surface area contributed by atoms with Crippen molar-refractivity contribution in [3.63, 3.8) is 0 Å². The minimum Gasteiger partial charge on any atom is -0.508 e. The molecule has 0 aliphatic heterocycles. The van der Waals surface area contributed by atoms with Crippen LogP contribution in [-0.4, -0.2) is 25.3 Å². The van der Waals surface area contributed by atoms with Gasteiger partial charge in [-0.25, -0.2) is 4.98 Å². The Balaban J connectivity index is 2.35. The Morgan fingerprint density at radius 2 is 2.27 bits per heavy atom. The molecule has 0 aliphatic rings. The van der Waals surface area contributed by atoms with Crippen LogP contribution >= 0.6 is 0 Å². The van der Waals surface area contributed by atoms with E-state index < -0.39 is 0 Å². The maximum absolute atomic E-state index is 9.12. The highest BCUT2D eigenvalue weighted by atomic mass is 16.3. The third kappa shape index (κ3) is 1.85. The van der Waals surface area contributed by atoms with Crippen molar-refractivity contribution in [1.29, 1.82) is 0 Å².